The lowest BCUT2D eigenvalue weighted by Gasteiger charge is -2.34. The number of allylic oxidation sites excluding steroid dienone is 1. The van der Waals surface area contributed by atoms with Gasteiger partial charge in [0.15, 0.2) is 0 Å². The smallest absolute Gasteiger partial charge is 0.101 e. The molecule has 0 radical (unpaired) electrons. The maximum absolute atomic E-state index is 6.18. The van der Waals surface area contributed by atoms with Gasteiger partial charge in [0.1, 0.15) is 6.10 Å². The fourth-order valence-corrected chi connectivity index (χ4v) is 4.91. The number of benzene rings is 1. The number of imidazole rings is 1. The number of ether oxygens (including phenoxy) is 1. The predicted octanol–water partition coefficient (Wildman–Crippen LogP) is 4.90. The van der Waals surface area contributed by atoms with E-state index in [2.05, 4.69) is 28.8 Å². The Kier molecular flexibility index (Phi) is 4.95. The largest absolute Gasteiger partial charge is 0.368 e. The van der Waals surface area contributed by atoms with Gasteiger partial charge < -0.3 is 9.30 Å². The first-order chi connectivity index (χ1) is 11.2. The minimum Gasteiger partial charge on any atom is -0.368 e. The molecule has 0 saturated heterocycles. The summed E-state index contributed by atoms with van der Waals surface area (Å²) in [5, 5.41) is 0.746. The highest BCUT2D eigenvalue weighted by molar-refractivity contribution is 8.01. The van der Waals surface area contributed by atoms with Crippen molar-refractivity contribution in [3.63, 3.8) is 0 Å². The predicted molar refractivity (Wildman–Crippen MR) is 96.0 cm³/mol. The fourth-order valence-electron chi connectivity index (χ4n) is 3.04. The van der Waals surface area contributed by atoms with Crippen molar-refractivity contribution < 1.29 is 4.74 Å². The molecule has 3 nitrogen and oxygen atoms in total. The van der Waals surface area contributed by atoms with E-state index in [9.17, 15) is 0 Å². The van der Waals surface area contributed by atoms with Gasteiger partial charge in [-0.3, -0.25) is 0 Å². The third-order valence-corrected chi connectivity index (χ3v) is 5.65. The molecule has 1 aliphatic rings. The lowest BCUT2D eigenvalue weighted by Crippen LogP contribution is -2.35. The van der Waals surface area contributed by atoms with Crippen LogP contribution in [0.5, 0.6) is 0 Å². The molecule has 2 heterocycles. The normalized spacial score (nSPS) is 22.7. The molecule has 1 aromatic carbocycles. The number of fused-ring (bicyclic) bond motifs is 1. The minimum atomic E-state index is -0.168. The van der Waals surface area contributed by atoms with Gasteiger partial charge in [-0.1, -0.05) is 29.8 Å². The van der Waals surface area contributed by atoms with Crippen LogP contribution in [0.4, 0.5) is 0 Å². The van der Waals surface area contributed by atoms with Crippen molar-refractivity contribution in [2.45, 2.75) is 28.7 Å². The van der Waals surface area contributed by atoms with Gasteiger partial charge >= 0.3 is 0 Å². The van der Waals surface area contributed by atoms with Crippen LogP contribution in [0.1, 0.15) is 18.1 Å². The van der Waals surface area contributed by atoms with Crippen molar-refractivity contribution in [3.8, 4) is 0 Å². The second-order valence-corrected chi connectivity index (χ2v) is 7.47. The highest BCUT2D eigenvalue weighted by Crippen LogP contribution is 2.56. The van der Waals surface area contributed by atoms with Crippen molar-refractivity contribution in [1.82, 2.24) is 9.55 Å². The molecule has 0 bridgehead atoms. The molecule has 0 aliphatic carbocycles. The maximum Gasteiger partial charge on any atom is 0.101 e. The van der Waals surface area contributed by atoms with E-state index in [1.807, 2.05) is 42.5 Å². The van der Waals surface area contributed by atoms with E-state index in [1.165, 1.54) is 10.5 Å². The van der Waals surface area contributed by atoms with E-state index in [0.29, 0.717) is 6.61 Å². The van der Waals surface area contributed by atoms with Gasteiger partial charge in [0, 0.05) is 28.9 Å². The third kappa shape index (κ3) is 3.25. The summed E-state index contributed by atoms with van der Waals surface area (Å²) in [5.74, 6) is 0. The van der Waals surface area contributed by atoms with E-state index in [4.69, 9.17) is 16.3 Å². The molecule has 0 amide bonds. The van der Waals surface area contributed by atoms with Gasteiger partial charge in [0.05, 0.1) is 17.7 Å². The molecule has 2 aromatic rings. The summed E-state index contributed by atoms with van der Waals surface area (Å²) in [6.07, 6.45) is 10.1. The SMILES string of the molecule is C=CCOC1c2ccc(Cl)cc2SC1(CC=C)Cn1ccnc1. The molecule has 2 atom stereocenters. The van der Waals surface area contributed by atoms with Crippen LogP contribution in [0.3, 0.4) is 0 Å². The zero-order valence-electron chi connectivity index (χ0n) is 12.8. The molecule has 3 rings (SSSR count). The summed E-state index contributed by atoms with van der Waals surface area (Å²) < 4.78 is 8.10. The van der Waals surface area contributed by atoms with Gasteiger partial charge in [0.25, 0.3) is 0 Å². The second-order valence-electron chi connectivity index (χ2n) is 5.58. The van der Waals surface area contributed by atoms with Crippen LogP contribution in [0.2, 0.25) is 5.02 Å². The van der Waals surface area contributed by atoms with Crippen LogP contribution in [-0.4, -0.2) is 20.9 Å². The van der Waals surface area contributed by atoms with Crippen LogP contribution in [-0.2, 0) is 11.3 Å². The number of aromatic nitrogens is 2. The van der Waals surface area contributed by atoms with Gasteiger partial charge in [0.2, 0.25) is 0 Å². The summed E-state index contributed by atoms with van der Waals surface area (Å²) >= 11 is 8.00. The van der Waals surface area contributed by atoms with E-state index >= 15 is 0 Å². The first-order valence-electron chi connectivity index (χ1n) is 7.46. The molecule has 0 saturated carbocycles. The molecule has 0 fully saturated rings. The van der Waals surface area contributed by atoms with Crippen LogP contribution in [0.15, 0.2) is 67.1 Å². The summed E-state index contributed by atoms with van der Waals surface area (Å²) in [4.78, 5) is 5.33. The Balaban J connectivity index is 2.01. The minimum absolute atomic E-state index is 0.0434. The summed E-state index contributed by atoms with van der Waals surface area (Å²) in [6, 6.07) is 6.01. The Morgan fingerprint density at radius 2 is 2.26 bits per heavy atom. The zero-order chi connectivity index (χ0) is 16.3. The average Bonchev–Trinajstić information content (AvgIpc) is 3.11. The lowest BCUT2D eigenvalue weighted by molar-refractivity contribution is 0.0398. The van der Waals surface area contributed by atoms with E-state index in [1.54, 1.807) is 12.3 Å². The average molecular weight is 347 g/mol. The summed E-state index contributed by atoms with van der Waals surface area (Å²) in [7, 11) is 0. The fraction of sp³-hybridized carbons (Fsp3) is 0.278. The number of halogens is 1. The lowest BCUT2D eigenvalue weighted by atomic mass is 9.91. The summed E-state index contributed by atoms with van der Waals surface area (Å²) in [5.41, 5.74) is 1.18. The number of nitrogens with zero attached hydrogens (tertiary/aromatic N) is 2. The highest BCUT2D eigenvalue weighted by Gasteiger charge is 2.47. The van der Waals surface area contributed by atoms with Crippen LogP contribution in [0, 0.1) is 0 Å². The van der Waals surface area contributed by atoms with Gasteiger partial charge in [-0.25, -0.2) is 4.98 Å². The molecular formula is C18H19ClN2OS. The van der Waals surface area contributed by atoms with Crippen molar-refractivity contribution >= 4 is 23.4 Å². The Labute approximate surface area is 146 Å². The molecule has 1 aromatic heterocycles. The van der Waals surface area contributed by atoms with Crippen LogP contribution in [0.25, 0.3) is 0 Å². The van der Waals surface area contributed by atoms with Crippen molar-refractivity contribution in [3.05, 3.63) is 72.8 Å². The quantitative estimate of drug-likeness (QED) is 0.667. The standard InChI is InChI=1S/C18H19ClN2OS/c1-3-7-18(12-21-9-8-20-13-21)17(22-10-4-2)15-6-5-14(19)11-16(15)23-18/h3-6,8-9,11,13,17H,1-2,7,10,12H2. The second kappa shape index (κ2) is 6.95. The molecule has 0 spiro atoms. The topological polar surface area (TPSA) is 27.1 Å². The third-order valence-electron chi connectivity index (χ3n) is 3.93. The Morgan fingerprint density at radius 1 is 1.39 bits per heavy atom. The first-order valence-corrected chi connectivity index (χ1v) is 8.65. The molecule has 120 valence electrons. The monoisotopic (exact) mass is 346 g/mol. The molecular weight excluding hydrogens is 328 g/mol. The summed E-state index contributed by atoms with van der Waals surface area (Å²) in [6.45, 7) is 9.03. The van der Waals surface area contributed by atoms with Gasteiger partial charge in [-0.05, 0) is 24.1 Å². The van der Waals surface area contributed by atoms with Gasteiger partial charge in [-0.15, -0.1) is 24.9 Å². The first kappa shape index (κ1) is 16.4. The number of rotatable bonds is 7. The number of hydrogen-bond acceptors (Lipinski definition) is 3. The molecule has 1 aliphatic heterocycles. The number of thioether (sulfide) groups is 1. The zero-order valence-corrected chi connectivity index (χ0v) is 14.4. The Morgan fingerprint density at radius 3 is 2.96 bits per heavy atom. The molecule has 2 unspecified atom stereocenters. The highest BCUT2D eigenvalue weighted by atomic mass is 35.5. The molecule has 5 heteroatoms. The van der Waals surface area contributed by atoms with Crippen molar-refractivity contribution in [2.75, 3.05) is 6.61 Å². The Bertz CT molecular complexity index is 701. The van der Waals surface area contributed by atoms with Gasteiger partial charge in [-0.2, -0.15) is 0 Å². The number of hydrogen-bond donors (Lipinski definition) is 0. The molecule has 23 heavy (non-hydrogen) atoms. The van der Waals surface area contributed by atoms with Crippen molar-refractivity contribution in [1.29, 1.82) is 0 Å². The van der Waals surface area contributed by atoms with E-state index < -0.39 is 0 Å². The van der Waals surface area contributed by atoms with Crippen LogP contribution < -0.4 is 0 Å². The van der Waals surface area contributed by atoms with E-state index in [-0.39, 0.29) is 10.9 Å². The van der Waals surface area contributed by atoms with Crippen LogP contribution >= 0.6 is 23.4 Å². The molecule has 0 N–H and O–H groups in total. The van der Waals surface area contributed by atoms with E-state index in [0.717, 1.165) is 18.0 Å². The Hall–Kier alpha value is -1.49. The maximum atomic E-state index is 6.18. The van der Waals surface area contributed by atoms with Crippen molar-refractivity contribution in [2.24, 2.45) is 0 Å².